The maximum Gasteiger partial charge on any atom is 0.131 e. The largest absolute Gasteiger partial charge is 0.507 e. The number of aliphatic hydroxyl groups is 1. The van der Waals surface area contributed by atoms with Gasteiger partial charge >= 0.3 is 0 Å². The molecule has 0 saturated heterocycles. The summed E-state index contributed by atoms with van der Waals surface area (Å²) in [6.45, 7) is 6.10. The Hall–Kier alpha value is -2.02. The fourth-order valence-corrected chi connectivity index (χ4v) is 2.63. The van der Waals surface area contributed by atoms with E-state index in [2.05, 4.69) is 25.6 Å². The van der Waals surface area contributed by atoms with Crippen LogP contribution in [0.25, 0.3) is 12.3 Å². The van der Waals surface area contributed by atoms with Gasteiger partial charge in [-0.15, -0.1) is 0 Å². The Bertz CT molecular complexity index is 711. The van der Waals surface area contributed by atoms with Crippen molar-refractivity contribution in [2.24, 2.45) is 0 Å². The van der Waals surface area contributed by atoms with Crippen molar-refractivity contribution in [2.45, 2.75) is 13.3 Å². The van der Waals surface area contributed by atoms with Crippen LogP contribution in [0.2, 0.25) is 0 Å². The van der Waals surface area contributed by atoms with E-state index in [0.717, 1.165) is 22.4 Å². The zero-order valence-electron chi connectivity index (χ0n) is 9.83. The fraction of sp³-hybridized carbons (Fsp3) is 0.125. The molecular formula is C16H14O. The molecule has 0 radical (unpaired) electrons. The maximum atomic E-state index is 10.4. The third-order valence-electron chi connectivity index (χ3n) is 3.34. The molecule has 84 valence electrons. The van der Waals surface area contributed by atoms with Crippen molar-refractivity contribution in [2.75, 3.05) is 0 Å². The van der Waals surface area contributed by atoms with Crippen LogP contribution in [-0.2, 0) is 6.42 Å². The third-order valence-corrected chi connectivity index (χ3v) is 3.34. The zero-order chi connectivity index (χ0) is 12.0. The van der Waals surface area contributed by atoms with Gasteiger partial charge in [-0.2, -0.15) is 0 Å². The summed E-state index contributed by atoms with van der Waals surface area (Å²) in [5.74, 6) is 0.367. The molecule has 0 bridgehead atoms. The van der Waals surface area contributed by atoms with E-state index in [9.17, 15) is 5.11 Å². The lowest BCUT2D eigenvalue weighted by Gasteiger charge is -2.17. The lowest BCUT2D eigenvalue weighted by molar-refractivity contribution is 0.504. The van der Waals surface area contributed by atoms with Crippen LogP contribution in [0.5, 0.6) is 0 Å². The van der Waals surface area contributed by atoms with Crippen molar-refractivity contribution in [3.8, 4) is 0 Å². The Kier molecular flexibility index (Phi) is 2.08. The highest BCUT2D eigenvalue weighted by atomic mass is 16.3. The minimum absolute atomic E-state index is 0.367. The van der Waals surface area contributed by atoms with E-state index in [-0.39, 0.29) is 0 Å². The summed E-state index contributed by atoms with van der Waals surface area (Å²) in [5.41, 5.74) is 4.49. The van der Waals surface area contributed by atoms with Crippen molar-refractivity contribution in [3.63, 3.8) is 0 Å². The number of fused-ring (bicyclic) bond motifs is 2. The van der Waals surface area contributed by atoms with E-state index in [0.29, 0.717) is 5.76 Å². The molecule has 1 heteroatoms. The fourth-order valence-electron chi connectivity index (χ4n) is 2.63. The van der Waals surface area contributed by atoms with Crippen LogP contribution in [0.1, 0.15) is 22.3 Å². The number of benzene rings is 2. The summed E-state index contributed by atoms with van der Waals surface area (Å²) in [5, 5.41) is 12.2. The zero-order valence-corrected chi connectivity index (χ0v) is 9.83. The first-order chi connectivity index (χ1) is 8.16. The number of hydrogen-bond acceptors (Lipinski definition) is 1. The van der Waals surface area contributed by atoms with Gasteiger partial charge in [-0.3, -0.25) is 0 Å². The molecule has 1 N–H and O–H groups in total. The summed E-state index contributed by atoms with van der Waals surface area (Å²) < 4.78 is 0. The minimum atomic E-state index is 0.367. The van der Waals surface area contributed by atoms with Crippen molar-refractivity contribution >= 4 is 12.3 Å². The second-order valence-electron chi connectivity index (χ2n) is 4.64. The molecule has 2 aromatic rings. The van der Waals surface area contributed by atoms with E-state index >= 15 is 0 Å². The predicted octanol–water partition coefficient (Wildman–Crippen LogP) is 2.02. The van der Waals surface area contributed by atoms with Gasteiger partial charge in [-0.25, -0.2) is 0 Å². The van der Waals surface area contributed by atoms with Gasteiger partial charge in [0.25, 0.3) is 0 Å². The quantitative estimate of drug-likeness (QED) is 0.723. The molecule has 1 nitrogen and oxygen atoms in total. The van der Waals surface area contributed by atoms with Gasteiger partial charge in [-0.05, 0) is 29.7 Å². The normalized spacial score (nSPS) is 13.1. The van der Waals surface area contributed by atoms with Crippen molar-refractivity contribution in [1.82, 2.24) is 0 Å². The highest BCUT2D eigenvalue weighted by Crippen LogP contribution is 2.21. The average Bonchev–Trinajstić information content (AvgIpc) is 2.28. The van der Waals surface area contributed by atoms with Crippen LogP contribution < -0.4 is 10.4 Å². The molecule has 3 rings (SSSR count). The van der Waals surface area contributed by atoms with Crippen LogP contribution in [0, 0.1) is 6.92 Å². The minimum Gasteiger partial charge on any atom is -0.507 e. The highest BCUT2D eigenvalue weighted by Gasteiger charge is 2.16. The molecule has 0 aliphatic heterocycles. The van der Waals surface area contributed by atoms with Gasteiger partial charge in [0.15, 0.2) is 0 Å². The van der Waals surface area contributed by atoms with Crippen LogP contribution in [-0.4, -0.2) is 5.11 Å². The van der Waals surface area contributed by atoms with Gasteiger partial charge in [0.05, 0.1) is 0 Å². The smallest absolute Gasteiger partial charge is 0.131 e. The maximum absolute atomic E-state index is 10.4. The summed E-state index contributed by atoms with van der Waals surface area (Å²) in [6, 6.07) is 12.2. The number of hydrogen-bond donors (Lipinski definition) is 1. The second kappa shape index (κ2) is 3.49. The molecule has 0 atom stereocenters. The lowest BCUT2D eigenvalue weighted by Crippen LogP contribution is -2.33. The molecule has 17 heavy (non-hydrogen) atoms. The van der Waals surface area contributed by atoms with Crippen molar-refractivity contribution < 1.29 is 5.11 Å². The monoisotopic (exact) mass is 222 g/mol. The molecule has 2 aromatic carbocycles. The van der Waals surface area contributed by atoms with Crippen molar-refractivity contribution in [3.05, 3.63) is 69.1 Å². The molecule has 0 heterocycles. The van der Waals surface area contributed by atoms with E-state index in [4.69, 9.17) is 0 Å². The topological polar surface area (TPSA) is 20.2 Å². The molecule has 0 amide bonds. The molecule has 0 unspecified atom stereocenters. The Labute approximate surface area is 100 Å². The Morgan fingerprint density at radius 3 is 2.71 bits per heavy atom. The predicted molar refractivity (Wildman–Crippen MR) is 70.3 cm³/mol. The molecule has 0 fully saturated rings. The first-order valence-electron chi connectivity index (χ1n) is 5.77. The SMILES string of the molecule is C=c1cc(C)cc2c1=C(O)c1ccccc1C2. The number of aryl methyl sites for hydroxylation is 1. The molecular weight excluding hydrogens is 208 g/mol. The summed E-state index contributed by atoms with van der Waals surface area (Å²) in [7, 11) is 0. The Balaban J connectivity index is 2.47. The number of rotatable bonds is 0. The Morgan fingerprint density at radius 2 is 1.88 bits per heavy atom. The van der Waals surface area contributed by atoms with E-state index in [1.807, 2.05) is 24.3 Å². The standard InChI is InChI=1S/C16H14O/c1-10-7-11(2)15-13(8-10)9-12-5-3-4-6-14(12)16(15)17/h3-8,17H,2,9H2,1H3. The molecule has 0 saturated carbocycles. The van der Waals surface area contributed by atoms with Gasteiger partial charge in [-0.1, -0.05) is 48.5 Å². The second-order valence-corrected chi connectivity index (χ2v) is 4.64. The van der Waals surface area contributed by atoms with Crippen LogP contribution in [0.3, 0.4) is 0 Å². The van der Waals surface area contributed by atoms with E-state index in [1.54, 1.807) is 0 Å². The van der Waals surface area contributed by atoms with E-state index < -0.39 is 0 Å². The highest BCUT2D eigenvalue weighted by molar-refractivity contribution is 5.66. The molecule has 0 spiro atoms. The average molecular weight is 222 g/mol. The summed E-state index contributed by atoms with van der Waals surface area (Å²) in [4.78, 5) is 0. The van der Waals surface area contributed by atoms with Gasteiger partial charge in [0.1, 0.15) is 5.76 Å². The summed E-state index contributed by atoms with van der Waals surface area (Å²) in [6.07, 6.45) is 0.875. The molecule has 1 aliphatic carbocycles. The van der Waals surface area contributed by atoms with Crippen LogP contribution in [0.4, 0.5) is 0 Å². The first-order valence-corrected chi connectivity index (χ1v) is 5.77. The van der Waals surface area contributed by atoms with Gasteiger partial charge in [0.2, 0.25) is 0 Å². The third kappa shape index (κ3) is 1.47. The van der Waals surface area contributed by atoms with Crippen molar-refractivity contribution in [1.29, 1.82) is 0 Å². The molecule has 1 aliphatic rings. The first kappa shape index (κ1) is 10.2. The van der Waals surface area contributed by atoms with Gasteiger partial charge < -0.3 is 5.11 Å². The lowest BCUT2D eigenvalue weighted by atomic mass is 9.89. The summed E-state index contributed by atoms with van der Waals surface area (Å²) >= 11 is 0. The van der Waals surface area contributed by atoms with Crippen LogP contribution in [0.15, 0.2) is 36.4 Å². The van der Waals surface area contributed by atoms with E-state index in [1.165, 1.54) is 16.7 Å². The molecule has 0 aromatic heterocycles. The van der Waals surface area contributed by atoms with Crippen LogP contribution >= 0.6 is 0 Å². The Morgan fingerprint density at radius 1 is 1.12 bits per heavy atom. The number of aliphatic hydroxyl groups excluding tert-OH is 1. The van der Waals surface area contributed by atoms with Gasteiger partial charge in [0, 0.05) is 10.8 Å².